The molecule has 2 aliphatic rings. The molecule has 2 aromatic rings. The molecule has 0 heterocycles. The van der Waals surface area contributed by atoms with E-state index in [-0.39, 0.29) is 16.8 Å². The second-order valence-electron chi connectivity index (χ2n) is 6.76. The van der Waals surface area contributed by atoms with Crippen LogP contribution >= 0.6 is 8.58 Å². The van der Waals surface area contributed by atoms with Gasteiger partial charge in [-0.25, -0.2) is 24.3 Å². The molecule has 0 atom stereocenters. The molecule has 0 aliphatic heterocycles. The van der Waals surface area contributed by atoms with Crippen LogP contribution in [0.4, 0.5) is 0 Å². The Bertz CT molecular complexity index is 346. The Morgan fingerprint density at radius 2 is 0.875 bits per heavy atom. The number of rotatable bonds is 2. The second kappa shape index (κ2) is 14.9. The van der Waals surface area contributed by atoms with E-state index >= 15 is 0 Å². The van der Waals surface area contributed by atoms with Gasteiger partial charge < -0.3 is 0 Å². The predicted molar refractivity (Wildman–Crippen MR) is 106 cm³/mol. The quantitative estimate of drug-likeness (QED) is 0.379. The smallest absolute Gasteiger partial charge is 0.214 e. The molecule has 0 N–H and O–H groups in total. The van der Waals surface area contributed by atoms with Crippen molar-refractivity contribution in [2.24, 2.45) is 0 Å². The van der Waals surface area contributed by atoms with Gasteiger partial charge in [0.2, 0.25) is 0 Å². The summed E-state index contributed by atoms with van der Waals surface area (Å²) in [5.74, 6) is 0. The SMILES string of the molecule is C1CCC(PC2CCCCC2)CC1.[Co+2].c1cc[cH-]c1.c1cc[cH-]c1. The molecule has 2 aromatic carbocycles. The van der Waals surface area contributed by atoms with Crippen molar-refractivity contribution < 1.29 is 16.8 Å². The summed E-state index contributed by atoms with van der Waals surface area (Å²) >= 11 is 0. The topological polar surface area (TPSA) is 0 Å². The summed E-state index contributed by atoms with van der Waals surface area (Å²) in [5.41, 5.74) is 2.30. The molecule has 0 aromatic heterocycles. The fourth-order valence-corrected chi connectivity index (χ4v) is 5.66. The van der Waals surface area contributed by atoms with Gasteiger partial charge in [0.25, 0.3) is 0 Å². The van der Waals surface area contributed by atoms with Crippen molar-refractivity contribution in [2.45, 2.75) is 75.5 Å². The molecule has 135 valence electrons. The fourth-order valence-electron chi connectivity index (χ4n) is 3.51. The zero-order valence-corrected chi connectivity index (χ0v) is 16.9. The molecule has 0 saturated heterocycles. The second-order valence-corrected chi connectivity index (χ2v) is 8.73. The summed E-state index contributed by atoms with van der Waals surface area (Å²) in [5, 5.41) is 0. The summed E-state index contributed by atoms with van der Waals surface area (Å²) in [6, 6.07) is 20.0. The first-order valence-electron chi connectivity index (χ1n) is 9.54. The first-order valence-corrected chi connectivity index (χ1v) is 10.7. The molecule has 24 heavy (non-hydrogen) atoms. The van der Waals surface area contributed by atoms with Crippen molar-refractivity contribution in [3.63, 3.8) is 0 Å². The van der Waals surface area contributed by atoms with Crippen molar-refractivity contribution in [1.82, 2.24) is 0 Å². The van der Waals surface area contributed by atoms with Gasteiger partial charge in [-0.3, -0.25) is 0 Å². The maximum atomic E-state index is 2.00. The van der Waals surface area contributed by atoms with Crippen LogP contribution in [0.1, 0.15) is 64.2 Å². The van der Waals surface area contributed by atoms with Crippen molar-refractivity contribution in [2.75, 3.05) is 0 Å². The zero-order chi connectivity index (χ0) is 16.0. The van der Waals surface area contributed by atoms with E-state index in [1.165, 1.54) is 47.1 Å². The standard InChI is InChI=1S/C12H23P.2C5H5.Co/c1-3-7-11(8-4-1)13-12-9-5-2-6-10-12;2*1-2-4-5-3-1;/h11-13H,1-10H2;2*1-5H;/q;2*-1;+2. The third kappa shape index (κ3) is 10.5. The van der Waals surface area contributed by atoms with Gasteiger partial charge in [-0.2, -0.15) is 36.4 Å². The minimum Gasteiger partial charge on any atom is -0.214 e. The molecule has 0 spiro atoms. The van der Waals surface area contributed by atoms with E-state index in [9.17, 15) is 0 Å². The van der Waals surface area contributed by atoms with Crippen LogP contribution in [0.25, 0.3) is 0 Å². The summed E-state index contributed by atoms with van der Waals surface area (Å²) in [6.45, 7) is 0. The van der Waals surface area contributed by atoms with E-state index in [1.807, 2.05) is 60.7 Å². The van der Waals surface area contributed by atoms with E-state index in [4.69, 9.17) is 0 Å². The van der Waals surface area contributed by atoms with Crippen LogP contribution < -0.4 is 0 Å². The van der Waals surface area contributed by atoms with Gasteiger partial charge in [-0.05, 0) is 37.0 Å². The first kappa shape index (κ1) is 21.7. The van der Waals surface area contributed by atoms with Gasteiger partial charge in [-0.15, -0.1) is 8.58 Å². The van der Waals surface area contributed by atoms with Crippen molar-refractivity contribution >= 4 is 8.58 Å². The molecular formula is C22H33CoP. The van der Waals surface area contributed by atoms with E-state index in [2.05, 4.69) is 0 Å². The predicted octanol–water partition coefficient (Wildman–Crippen LogP) is 7.14. The van der Waals surface area contributed by atoms with Crippen LogP contribution in [0, 0.1) is 0 Å². The number of hydrogen-bond donors (Lipinski definition) is 0. The average molecular weight is 387 g/mol. The Labute approximate surface area is 161 Å². The van der Waals surface area contributed by atoms with Gasteiger partial charge in [-0.1, -0.05) is 38.5 Å². The Balaban J connectivity index is 0.000000216. The normalized spacial score (nSPS) is 18.3. The van der Waals surface area contributed by atoms with Crippen molar-refractivity contribution in [3.8, 4) is 0 Å². The molecule has 2 saturated carbocycles. The van der Waals surface area contributed by atoms with Gasteiger partial charge in [0.05, 0.1) is 0 Å². The summed E-state index contributed by atoms with van der Waals surface area (Å²) in [6.07, 6.45) is 15.4. The Hall–Kier alpha value is -0.364. The van der Waals surface area contributed by atoms with Gasteiger partial charge in [0.15, 0.2) is 0 Å². The van der Waals surface area contributed by atoms with Crippen molar-refractivity contribution in [3.05, 3.63) is 60.7 Å². The molecule has 2 fully saturated rings. The third-order valence-corrected chi connectivity index (χ3v) is 6.89. The molecule has 0 nitrogen and oxygen atoms in total. The Morgan fingerprint density at radius 3 is 1.12 bits per heavy atom. The molecule has 0 bridgehead atoms. The molecule has 4 rings (SSSR count). The van der Waals surface area contributed by atoms with Gasteiger partial charge in [0, 0.05) is 0 Å². The molecule has 1 radical (unpaired) electrons. The molecule has 2 heteroatoms. The first-order chi connectivity index (χ1) is 11.4. The monoisotopic (exact) mass is 387 g/mol. The molecular weight excluding hydrogens is 354 g/mol. The van der Waals surface area contributed by atoms with Crippen LogP contribution in [0.5, 0.6) is 0 Å². The van der Waals surface area contributed by atoms with E-state index in [0.717, 1.165) is 11.3 Å². The number of hydrogen-bond acceptors (Lipinski definition) is 0. The molecule has 0 unspecified atom stereocenters. The fraction of sp³-hybridized carbons (Fsp3) is 0.545. The average Bonchev–Trinajstić information content (AvgIpc) is 3.35. The Morgan fingerprint density at radius 1 is 0.542 bits per heavy atom. The van der Waals surface area contributed by atoms with Crippen LogP contribution in [0.3, 0.4) is 0 Å². The van der Waals surface area contributed by atoms with Gasteiger partial charge in [0.1, 0.15) is 0 Å². The van der Waals surface area contributed by atoms with Gasteiger partial charge >= 0.3 is 16.8 Å². The molecule has 2 aliphatic carbocycles. The minimum atomic E-state index is 0. The largest absolute Gasteiger partial charge is 2.00 e. The summed E-state index contributed by atoms with van der Waals surface area (Å²) < 4.78 is 0. The summed E-state index contributed by atoms with van der Waals surface area (Å²) in [7, 11) is 1.33. The van der Waals surface area contributed by atoms with E-state index in [0.29, 0.717) is 0 Å². The van der Waals surface area contributed by atoms with Crippen LogP contribution in [-0.2, 0) is 16.8 Å². The minimum absolute atomic E-state index is 0. The van der Waals surface area contributed by atoms with E-state index < -0.39 is 0 Å². The molecule has 0 amide bonds. The van der Waals surface area contributed by atoms with Crippen LogP contribution in [0.2, 0.25) is 0 Å². The maximum Gasteiger partial charge on any atom is 2.00 e. The van der Waals surface area contributed by atoms with Crippen molar-refractivity contribution in [1.29, 1.82) is 0 Å². The summed E-state index contributed by atoms with van der Waals surface area (Å²) in [4.78, 5) is 0. The van der Waals surface area contributed by atoms with E-state index in [1.54, 1.807) is 25.7 Å². The van der Waals surface area contributed by atoms with Crippen LogP contribution in [0.15, 0.2) is 60.7 Å². The zero-order valence-electron chi connectivity index (χ0n) is 14.8. The van der Waals surface area contributed by atoms with Crippen LogP contribution in [-0.4, -0.2) is 11.3 Å². The maximum absolute atomic E-state index is 2.00. The Kier molecular flexibility index (Phi) is 13.5. The third-order valence-electron chi connectivity index (χ3n) is 4.79.